The van der Waals surface area contributed by atoms with E-state index in [2.05, 4.69) is 11.9 Å². The first-order valence-electron chi connectivity index (χ1n) is 7.52. The second-order valence-corrected chi connectivity index (χ2v) is 6.56. The zero-order valence-electron chi connectivity index (χ0n) is 12.7. The molecule has 1 aliphatic carbocycles. The number of hydrogen-bond donors (Lipinski definition) is 1. The van der Waals surface area contributed by atoms with Gasteiger partial charge in [0.2, 0.25) is 0 Å². The Labute approximate surface area is 135 Å². The molecule has 1 unspecified atom stereocenters. The van der Waals surface area contributed by atoms with Gasteiger partial charge in [-0.2, -0.15) is 0 Å². The van der Waals surface area contributed by atoms with E-state index in [9.17, 15) is 5.11 Å². The van der Waals surface area contributed by atoms with Gasteiger partial charge in [0.1, 0.15) is 0 Å². The summed E-state index contributed by atoms with van der Waals surface area (Å²) in [4.78, 5) is 2.36. The zero-order chi connectivity index (χ0) is 15.4. The highest BCUT2D eigenvalue weighted by Crippen LogP contribution is 2.51. The van der Waals surface area contributed by atoms with Gasteiger partial charge >= 0.3 is 0 Å². The number of likely N-dealkylation sites (N-methyl/N-ethyl adjacent to an activating group) is 1. The molecule has 1 N–H and O–H groups in total. The molecule has 22 heavy (non-hydrogen) atoms. The molecule has 1 aliphatic heterocycles. The highest BCUT2D eigenvalue weighted by Gasteiger charge is 2.35. The fourth-order valence-corrected chi connectivity index (χ4v) is 4.04. The first-order valence-corrected chi connectivity index (χ1v) is 7.89. The molecule has 0 saturated heterocycles. The summed E-state index contributed by atoms with van der Waals surface area (Å²) in [5.41, 5.74) is 5.72. The van der Waals surface area contributed by atoms with Gasteiger partial charge in [-0.1, -0.05) is 17.7 Å². The molecule has 4 rings (SSSR count). The lowest BCUT2D eigenvalue weighted by Crippen LogP contribution is -2.35. The number of phenols is 1. The van der Waals surface area contributed by atoms with Crippen LogP contribution in [0.4, 0.5) is 0 Å². The van der Waals surface area contributed by atoms with Gasteiger partial charge in [-0.25, -0.2) is 0 Å². The highest BCUT2D eigenvalue weighted by molar-refractivity contribution is 6.30. The fourth-order valence-electron chi connectivity index (χ4n) is 3.85. The SMILES string of the molecule is COc1cc2c3c(c1O)-c1ccc(Cl)cc1CC3N(C)CC2. The van der Waals surface area contributed by atoms with Crippen molar-refractivity contribution in [1.29, 1.82) is 0 Å². The van der Waals surface area contributed by atoms with Crippen LogP contribution in [0.5, 0.6) is 11.5 Å². The smallest absolute Gasteiger partial charge is 0.166 e. The largest absolute Gasteiger partial charge is 0.504 e. The normalized spacial score (nSPS) is 19.5. The number of nitrogens with zero attached hydrogens (tertiary/aromatic N) is 1. The molecule has 2 aromatic carbocycles. The van der Waals surface area contributed by atoms with Crippen LogP contribution in [0.1, 0.15) is 22.7 Å². The van der Waals surface area contributed by atoms with Crippen molar-refractivity contribution in [3.05, 3.63) is 46.0 Å². The van der Waals surface area contributed by atoms with Crippen molar-refractivity contribution >= 4 is 11.6 Å². The average molecular weight is 316 g/mol. The summed E-state index contributed by atoms with van der Waals surface area (Å²) in [5.74, 6) is 0.796. The molecule has 1 heterocycles. The van der Waals surface area contributed by atoms with Gasteiger partial charge in [-0.15, -0.1) is 0 Å². The van der Waals surface area contributed by atoms with Gasteiger partial charge in [-0.05, 0) is 60.3 Å². The number of phenolic OH excluding ortho intramolecular Hbond substituents is 1. The Kier molecular flexibility index (Phi) is 3.10. The van der Waals surface area contributed by atoms with Crippen LogP contribution in [-0.2, 0) is 12.8 Å². The van der Waals surface area contributed by atoms with E-state index in [1.54, 1.807) is 7.11 Å². The van der Waals surface area contributed by atoms with Crippen molar-refractivity contribution in [2.75, 3.05) is 20.7 Å². The minimum atomic E-state index is 0.241. The minimum absolute atomic E-state index is 0.241. The molecular formula is C18H18ClNO2. The number of fused-ring (bicyclic) bond motifs is 2. The highest BCUT2D eigenvalue weighted by atomic mass is 35.5. The van der Waals surface area contributed by atoms with Gasteiger partial charge in [-0.3, -0.25) is 4.90 Å². The van der Waals surface area contributed by atoms with Crippen molar-refractivity contribution in [3.63, 3.8) is 0 Å². The van der Waals surface area contributed by atoms with E-state index >= 15 is 0 Å². The van der Waals surface area contributed by atoms with Crippen molar-refractivity contribution in [1.82, 2.24) is 4.90 Å². The third-order valence-corrected chi connectivity index (χ3v) is 5.19. The second-order valence-electron chi connectivity index (χ2n) is 6.13. The van der Waals surface area contributed by atoms with E-state index in [4.69, 9.17) is 16.3 Å². The van der Waals surface area contributed by atoms with Crippen LogP contribution in [0, 0.1) is 0 Å². The Bertz CT molecular complexity index is 772. The molecule has 0 spiro atoms. The average Bonchev–Trinajstić information content (AvgIpc) is 2.51. The van der Waals surface area contributed by atoms with E-state index in [0.717, 1.165) is 35.5 Å². The van der Waals surface area contributed by atoms with Crippen molar-refractivity contribution in [3.8, 4) is 22.6 Å². The molecule has 2 aliphatic rings. The summed E-state index contributed by atoms with van der Waals surface area (Å²) in [7, 11) is 3.75. The second kappa shape index (κ2) is 4.90. The number of rotatable bonds is 1. The number of benzene rings is 2. The Hall–Kier alpha value is -1.71. The quantitative estimate of drug-likeness (QED) is 0.868. The predicted molar refractivity (Wildman–Crippen MR) is 87.9 cm³/mol. The summed E-state index contributed by atoms with van der Waals surface area (Å²) >= 11 is 6.17. The summed E-state index contributed by atoms with van der Waals surface area (Å²) in [6.45, 7) is 1.01. The van der Waals surface area contributed by atoms with Gasteiger partial charge < -0.3 is 9.84 Å². The summed E-state index contributed by atoms with van der Waals surface area (Å²) in [6, 6.07) is 8.20. The van der Waals surface area contributed by atoms with Crippen molar-refractivity contribution < 1.29 is 9.84 Å². The number of halogens is 1. The molecule has 0 fully saturated rings. The van der Waals surface area contributed by atoms with E-state index < -0.39 is 0 Å². The Balaban J connectivity index is 2.07. The number of methoxy groups -OCH3 is 1. The van der Waals surface area contributed by atoms with Gasteiger partial charge in [0.15, 0.2) is 11.5 Å². The molecule has 0 radical (unpaired) electrons. The lowest BCUT2D eigenvalue weighted by atomic mass is 9.76. The minimum Gasteiger partial charge on any atom is -0.504 e. The lowest BCUT2D eigenvalue weighted by molar-refractivity contribution is 0.227. The third kappa shape index (κ3) is 1.86. The lowest BCUT2D eigenvalue weighted by Gasteiger charge is -2.40. The van der Waals surface area contributed by atoms with Crippen LogP contribution in [0.15, 0.2) is 24.3 Å². The summed E-state index contributed by atoms with van der Waals surface area (Å²) < 4.78 is 5.39. The summed E-state index contributed by atoms with van der Waals surface area (Å²) in [6.07, 6.45) is 1.91. The monoisotopic (exact) mass is 315 g/mol. The number of hydrogen-bond acceptors (Lipinski definition) is 3. The maximum absolute atomic E-state index is 10.7. The number of aromatic hydroxyl groups is 1. The molecule has 0 amide bonds. The zero-order valence-corrected chi connectivity index (χ0v) is 13.4. The first-order chi connectivity index (χ1) is 10.6. The molecule has 4 heteroatoms. The standard InChI is InChI=1S/C18H18ClNO2/c1-20-6-5-10-9-15(22-2)18(21)17-13-4-3-12(19)7-11(13)8-14(20)16(10)17/h3-4,7,9,14,21H,5-6,8H2,1-2H3. The topological polar surface area (TPSA) is 32.7 Å². The van der Waals surface area contributed by atoms with E-state index in [0.29, 0.717) is 11.8 Å². The number of ether oxygens (including phenoxy) is 1. The van der Waals surface area contributed by atoms with Gasteiger partial charge in [0, 0.05) is 23.2 Å². The Morgan fingerprint density at radius 2 is 2.09 bits per heavy atom. The van der Waals surface area contributed by atoms with Gasteiger partial charge in [0.05, 0.1) is 7.11 Å². The van der Waals surface area contributed by atoms with E-state index in [1.165, 1.54) is 16.7 Å². The fraction of sp³-hybridized carbons (Fsp3) is 0.333. The maximum Gasteiger partial charge on any atom is 0.166 e. The van der Waals surface area contributed by atoms with Crippen LogP contribution >= 0.6 is 11.6 Å². The Morgan fingerprint density at radius 3 is 2.86 bits per heavy atom. The molecule has 0 saturated carbocycles. The van der Waals surface area contributed by atoms with Crippen LogP contribution in [-0.4, -0.2) is 30.7 Å². The van der Waals surface area contributed by atoms with Crippen LogP contribution < -0.4 is 4.74 Å². The van der Waals surface area contributed by atoms with Gasteiger partial charge in [0.25, 0.3) is 0 Å². The van der Waals surface area contributed by atoms with E-state index in [1.807, 2.05) is 24.3 Å². The molecule has 2 aromatic rings. The Morgan fingerprint density at radius 1 is 1.27 bits per heavy atom. The molecule has 0 bridgehead atoms. The predicted octanol–water partition coefficient (Wildman–Crippen LogP) is 3.81. The van der Waals surface area contributed by atoms with Crippen molar-refractivity contribution in [2.24, 2.45) is 0 Å². The van der Waals surface area contributed by atoms with Crippen LogP contribution in [0.2, 0.25) is 5.02 Å². The molecule has 114 valence electrons. The first kappa shape index (κ1) is 13.9. The molecule has 0 aromatic heterocycles. The van der Waals surface area contributed by atoms with Crippen LogP contribution in [0.25, 0.3) is 11.1 Å². The molecular weight excluding hydrogens is 298 g/mol. The molecule has 3 nitrogen and oxygen atoms in total. The molecule has 1 atom stereocenters. The van der Waals surface area contributed by atoms with E-state index in [-0.39, 0.29) is 5.75 Å². The maximum atomic E-state index is 10.7. The van der Waals surface area contributed by atoms with Crippen molar-refractivity contribution in [2.45, 2.75) is 18.9 Å². The third-order valence-electron chi connectivity index (χ3n) is 4.96. The summed E-state index contributed by atoms with van der Waals surface area (Å²) in [5, 5.41) is 11.5. The van der Waals surface area contributed by atoms with Crippen LogP contribution in [0.3, 0.4) is 0 Å².